The molecule has 1 heterocycles. The van der Waals surface area contributed by atoms with Gasteiger partial charge in [0.2, 0.25) is 5.76 Å². The Hall–Kier alpha value is -1.82. The molecule has 0 aliphatic rings. The first-order valence-corrected chi connectivity index (χ1v) is 7.48. The fourth-order valence-electron chi connectivity index (χ4n) is 1.57. The number of carbonyl (C=O) groups is 1. The van der Waals surface area contributed by atoms with E-state index in [2.05, 4.69) is 0 Å². The van der Waals surface area contributed by atoms with E-state index in [1.165, 1.54) is 13.2 Å². The van der Waals surface area contributed by atoms with Crippen LogP contribution in [0.25, 0.3) is 11.0 Å². The topological polar surface area (TPSA) is 106 Å². The highest BCUT2D eigenvalue weighted by Gasteiger charge is 2.17. The van der Waals surface area contributed by atoms with Crippen LogP contribution in [0.3, 0.4) is 0 Å². The molecule has 1 aromatic heterocycles. The third-order valence-corrected chi connectivity index (χ3v) is 3.31. The van der Waals surface area contributed by atoms with Crippen LogP contribution in [0.1, 0.15) is 10.6 Å². The Balaban J connectivity index is 2.08. The molecule has 0 unspecified atom stereocenters. The lowest BCUT2D eigenvalue weighted by Crippen LogP contribution is -2.08. The van der Waals surface area contributed by atoms with Crippen LogP contribution in [0, 0.1) is 0 Å². The van der Waals surface area contributed by atoms with E-state index in [1.807, 2.05) is 0 Å². The fourth-order valence-corrected chi connectivity index (χ4v) is 1.90. The molecule has 0 saturated heterocycles. The second-order valence-corrected chi connectivity index (χ2v) is 5.82. The van der Waals surface area contributed by atoms with Crippen LogP contribution in [0.2, 0.25) is 0 Å². The van der Waals surface area contributed by atoms with Gasteiger partial charge in [-0.3, -0.25) is 4.57 Å². The first kappa shape index (κ1) is 14.6. The van der Waals surface area contributed by atoms with Gasteiger partial charge in [0.05, 0.1) is 13.3 Å². The summed E-state index contributed by atoms with van der Waals surface area (Å²) >= 11 is 0. The minimum absolute atomic E-state index is 0.0287. The summed E-state index contributed by atoms with van der Waals surface area (Å²) in [6.45, 7) is -0.372. The van der Waals surface area contributed by atoms with Crippen molar-refractivity contribution in [3.8, 4) is 5.75 Å². The van der Waals surface area contributed by atoms with Gasteiger partial charge < -0.3 is 23.7 Å². The van der Waals surface area contributed by atoms with E-state index in [1.54, 1.807) is 18.2 Å². The van der Waals surface area contributed by atoms with Crippen molar-refractivity contribution in [2.75, 3.05) is 19.9 Å². The molecular weight excluding hydrogens is 287 g/mol. The zero-order chi connectivity index (χ0) is 14.8. The number of methoxy groups -OCH3 is 1. The van der Waals surface area contributed by atoms with E-state index in [0.29, 0.717) is 16.7 Å². The van der Waals surface area contributed by atoms with Gasteiger partial charge in [0.15, 0.2) is 0 Å². The first-order chi connectivity index (χ1) is 9.39. The Morgan fingerprint density at radius 1 is 1.35 bits per heavy atom. The Morgan fingerprint density at radius 3 is 2.75 bits per heavy atom. The number of benzene rings is 1. The predicted molar refractivity (Wildman–Crippen MR) is 70.0 cm³/mol. The Bertz CT molecular complexity index is 669. The second-order valence-electron chi connectivity index (χ2n) is 4.04. The first-order valence-electron chi connectivity index (χ1n) is 5.68. The zero-order valence-corrected chi connectivity index (χ0v) is 11.5. The number of fused-ring (bicyclic) bond motifs is 1. The standard InChI is InChI=1S/C12H13O7P/c1-17-9-3-2-8-6-11(19-10(8)7-9)12(13)18-4-5-20(14,15)16/h2-3,6-7H,4-5H2,1H3,(H2,14,15,16). The summed E-state index contributed by atoms with van der Waals surface area (Å²) in [6, 6.07) is 6.57. The third kappa shape index (κ3) is 3.60. The summed E-state index contributed by atoms with van der Waals surface area (Å²) < 4.78 is 25.7. The molecular formula is C12H13O7P. The molecule has 0 fully saturated rings. The van der Waals surface area contributed by atoms with Crippen LogP contribution in [0.5, 0.6) is 5.75 Å². The molecule has 2 N–H and O–H groups in total. The predicted octanol–water partition coefficient (Wildman–Crippen LogP) is 1.78. The SMILES string of the molecule is COc1ccc2cc(C(=O)OCCP(=O)(O)O)oc2c1. The Morgan fingerprint density at radius 2 is 2.10 bits per heavy atom. The number of rotatable bonds is 5. The quantitative estimate of drug-likeness (QED) is 0.640. The molecule has 0 spiro atoms. The molecule has 0 amide bonds. The number of ether oxygens (including phenoxy) is 2. The average Bonchev–Trinajstić information content (AvgIpc) is 2.79. The van der Waals surface area contributed by atoms with E-state index >= 15 is 0 Å². The van der Waals surface area contributed by atoms with Gasteiger partial charge in [-0.15, -0.1) is 0 Å². The summed E-state index contributed by atoms with van der Waals surface area (Å²) in [5.74, 6) is -0.208. The lowest BCUT2D eigenvalue weighted by Gasteiger charge is -2.03. The van der Waals surface area contributed by atoms with Crippen LogP contribution in [0.15, 0.2) is 28.7 Å². The monoisotopic (exact) mass is 300 g/mol. The number of furan rings is 1. The minimum atomic E-state index is -4.18. The van der Waals surface area contributed by atoms with E-state index in [4.69, 9.17) is 23.7 Å². The molecule has 108 valence electrons. The molecule has 20 heavy (non-hydrogen) atoms. The number of hydrogen-bond donors (Lipinski definition) is 2. The number of esters is 1. The summed E-state index contributed by atoms with van der Waals surface area (Å²) in [7, 11) is -2.66. The van der Waals surface area contributed by atoms with Crippen molar-refractivity contribution < 1.29 is 33.0 Å². The van der Waals surface area contributed by atoms with E-state index < -0.39 is 19.7 Å². The highest BCUT2D eigenvalue weighted by atomic mass is 31.2. The van der Waals surface area contributed by atoms with Gasteiger partial charge in [0.25, 0.3) is 0 Å². The van der Waals surface area contributed by atoms with Crippen LogP contribution < -0.4 is 4.74 Å². The van der Waals surface area contributed by atoms with Crippen molar-refractivity contribution >= 4 is 24.5 Å². The largest absolute Gasteiger partial charge is 0.497 e. The summed E-state index contributed by atoms with van der Waals surface area (Å²) in [4.78, 5) is 29.0. The molecule has 7 nitrogen and oxygen atoms in total. The third-order valence-electron chi connectivity index (χ3n) is 2.54. The maximum Gasteiger partial charge on any atom is 0.374 e. The van der Waals surface area contributed by atoms with Crippen molar-refractivity contribution in [3.05, 3.63) is 30.0 Å². The van der Waals surface area contributed by atoms with Gasteiger partial charge in [-0.05, 0) is 18.2 Å². The molecule has 0 saturated carbocycles. The Labute approximate surface area is 114 Å². The van der Waals surface area contributed by atoms with Gasteiger partial charge in [0.1, 0.15) is 17.9 Å². The highest BCUT2D eigenvalue weighted by molar-refractivity contribution is 7.51. The maximum absolute atomic E-state index is 11.7. The molecule has 2 aromatic rings. The normalized spacial score (nSPS) is 11.6. The van der Waals surface area contributed by atoms with Crippen molar-refractivity contribution in [1.29, 1.82) is 0 Å². The molecule has 0 aliphatic carbocycles. The molecule has 8 heteroatoms. The van der Waals surface area contributed by atoms with Gasteiger partial charge in [-0.2, -0.15) is 0 Å². The van der Waals surface area contributed by atoms with E-state index in [-0.39, 0.29) is 12.4 Å². The van der Waals surface area contributed by atoms with Crippen molar-refractivity contribution in [3.63, 3.8) is 0 Å². The molecule has 0 atom stereocenters. The highest BCUT2D eigenvalue weighted by Crippen LogP contribution is 2.33. The van der Waals surface area contributed by atoms with Gasteiger partial charge >= 0.3 is 13.6 Å². The smallest absolute Gasteiger partial charge is 0.374 e. The number of hydrogen-bond acceptors (Lipinski definition) is 5. The molecule has 0 radical (unpaired) electrons. The maximum atomic E-state index is 11.7. The Kier molecular flexibility index (Phi) is 4.13. The lowest BCUT2D eigenvalue weighted by atomic mass is 10.2. The van der Waals surface area contributed by atoms with Gasteiger partial charge in [-0.25, -0.2) is 4.79 Å². The minimum Gasteiger partial charge on any atom is -0.497 e. The van der Waals surface area contributed by atoms with Crippen LogP contribution in [-0.4, -0.2) is 35.6 Å². The lowest BCUT2D eigenvalue weighted by molar-refractivity contribution is 0.0492. The molecule has 0 aliphatic heterocycles. The molecule has 2 rings (SSSR count). The van der Waals surface area contributed by atoms with Gasteiger partial charge in [-0.1, -0.05) is 0 Å². The second kappa shape index (κ2) is 5.66. The summed E-state index contributed by atoms with van der Waals surface area (Å²) in [5, 5.41) is 0.702. The number of carbonyl (C=O) groups excluding carboxylic acids is 1. The van der Waals surface area contributed by atoms with Crippen molar-refractivity contribution in [1.82, 2.24) is 0 Å². The van der Waals surface area contributed by atoms with Gasteiger partial charge in [0, 0.05) is 11.5 Å². The van der Waals surface area contributed by atoms with E-state index in [0.717, 1.165) is 0 Å². The average molecular weight is 300 g/mol. The van der Waals surface area contributed by atoms with Crippen molar-refractivity contribution in [2.24, 2.45) is 0 Å². The molecule has 1 aromatic carbocycles. The van der Waals surface area contributed by atoms with Crippen LogP contribution >= 0.6 is 7.60 Å². The fraction of sp³-hybridized carbons (Fsp3) is 0.250. The zero-order valence-electron chi connectivity index (χ0n) is 10.6. The summed E-state index contributed by atoms with van der Waals surface area (Å²) in [6.07, 6.45) is -0.521. The molecule has 0 bridgehead atoms. The van der Waals surface area contributed by atoms with Crippen molar-refractivity contribution in [2.45, 2.75) is 0 Å². The summed E-state index contributed by atoms with van der Waals surface area (Å²) in [5.41, 5.74) is 0.464. The van der Waals surface area contributed by atoms with Crippen LogP contribution in [-0.2, 0) is 9.30 Å². The van der Waals surface area contributed by atoms with E-state index in [9.17, 15) is 9.36 Å². The van der Waals surface area contributed by atoms with Crippen LogP contribution in [0.4, 0.5) is 0 Å².